The van der Waals surface area contributed by atoms with Gasteiger partial charge in [-0.3, -0.25) is 0 Å². The standard InChI is InChI=1S/C9H9N5OS2/c1-5-12-9(17-14-5)16-8-6(7(10)13-15)3-2-4-11-8/h2-4,15H,1H3,(H2,10,13). The van der Waals surface area contributed by atoms with Crippen molar-refractivity contribution in [3.8, 4) is 0 Å². The average molecular weight is 267 g/mol. The van der Waals surface area contributed by atoms with Crippen molar-refractivity contribution >= 4 is 29.1 Å². The fraction of sp³-hybridized carbons (Fsp3) is 0.111. The highest BCUT2D eigenvalue weighted by molar-refractivity contribution is 8.01. The van der Waals surface area contributed by atoms with Crippen LogP contribution in [0.5, 0.6) is 0 Å². The van der Waals surface area contributed by atoms with Crippen LogP contribution in [0, 0.1) is 6.92 Å². The summed E-state index contributed by atoms with van der Waals surface area (Å²) in [6.45, 7) is 1.82. The third-order valence-corrected chi connectivity index (χ3v) is 3.71. The molecule has 0 saturated heterocycles. The first kappa shape index (κ1) is 11.8. The third-order valence-electron chi connectivity index (χ3n) is 1.85. The molecule has 6 nitrogen and oxygen atoms in total. The molecule has 2 aromatic heterocycles. The zero-order chi connectivity index (χ0) is 12.3. The SMILES string of the molecule is Cc1nsc(Sc2ncccc2/C(N)=N/O)n1. The minimum Gasteiger partial charge on any atom is -0.409 e. The second kappa shape index (κ2) is 5.11. The van der Waals surface area contributed by atoms with Gasteiger partial charge in [0.1, 0.15) is 10.9 Å². The number of pyridine rings is 1. The van der Waals surface area contributed by atoms with Crippen molar-refractivity contribution in [2.24, 2.45) is 10.9 Å². The summed E-state index contributed by atoms with van der Waals surface area (Å²) in [6.07, 6.45) is 1.64. The molecule has 88 valence electrons. The Labute approximate surface area is 106 Å². The van der Waals surface area contributed by atoms with Crippen molar-refractivity contribution < 1.29 is 5.21 Å². The van der Waals surface area contributed by atoms with E-state index in [0.717, 1.165) is 10.2 Å². The highest BCUT2D eigenvalue weighted by Crippen LogP contribution is 2.29. The number of nitrogens with zero attached hydrogens (tertiary/aromatic N) is 4. The van der Waals surface area contributed by atoms with Crippen LogP contribution in [-0.2, 0) is 0 Å². The maximum atomic E-state index is 8.68. The molecule has 0 fully saturated rings. The average Bonchev–Trinajstić information content (AvgIpc) is 2.74. The molecular weight excluding hydrogens is 258 g/mol. The number of hydrogen-bond donors (Lipinski definition) is 2. The van der Waals surface area contributed by atoms with Gasteiger partial charge < -0.3 is 10.9 Å². The first-order chi connectivity index (χ1) is 8.20. The van der Waals surface area contributed by atoms with Gasteiger partial charge in [-0.05, 0) is 42.4 Å². The quantitative estimate of drug-likeness (QED) is 0.378. The zero-order valence-corrected chi connectivity index (χ0v) is 10.5. The molecule has 2 heterocycles. The van der Waals surface area contributed by atoms with Crippen molar-refractivity contribution in [2.75, 3.05) is 0 Å². The Kier molecular flexibility index (Phi) is 3.55. The van der Waals surface area contributed by atoms with E-state index in [1.54, 1.807) is 18.3 Å². The normalized spacial score (nSPS) is 11.7. The molecule has 0 atom stereocenters. The van der Waals surface area contributed by atoms with Crippen LogP contribution in [0.1, 0.15) is 11.4 Å². The van der Waals surface area contributed by atoms with E-state index in [-0.39, 0.29) is 5.84 Å². The van der Waals surface area contributed by atoms with E-state index in [0.29, 0.717) is 10.6 Å². The number of amidine groups is 1. The Bertz CT molecular complexity index is 554. The summed E-state index contributed by atoms with van der Waals surface area (Å²) in [5, 5.41) is 12.3. The number of rotatable bonds is 3. The maximum absolute atomic E-state index is 8.68. The molecule has 0 unspecified atom stereocenters. The van der Waals surface area contributed by atoms with Gasteiger partial charge >= 0.3 is 0 Å². The van der Waals surface area contributed by atoms with Crippen LogP contribution in [-0.4, -0.2) is 25.4 Å². The lowest BCUT2D eigenvalue weighted by Gasteiger charge is -2.03. The topological polar surface area (TPSA) is 97.3 Å². The van der Waals surface area contributed by atoms with Gasteiger partial charge in [0.2, 0.25) is 0 Å². The van der Waals surface area contributed by atoms with Crippen molar-refractivity contribution in [1.82, 2.24) is 14.3 Å². The molecule has 3 N–H and O–H groups in total. The molecule has 0 spiro atoms. The number of nitrogens with two attached hydrogens (primary N) is 1. The van der Waals surface area contributed by atoms with E-state index in [2.05, 4.69) is 19.5 Å². The lowest BCUT2D eigenvalue weighted by atomic mass is 10.3. The number of aromatic nitrogens is 3. The summed E-state index contributed by atoms with van der Waals surface area (Å²) < 4.78 is 4.85. The molecule has 0 aromatic carbocycles. The van der Waals surface area contributed by atoms with Gasteiger partial charge in [0, 0.05) is 6.20 Å². The Hall–Kier alpha value is -1.67. The smallest absolute Gasteiger partial charge is 0.176 e. The zero-order valence-electron chi connectivity index (χ0n) is 8.86. The molecule has 0 aliphatic heterocycles. The molecule has 0 bridgehead atoms. The van der Waals surface area contributed by atoms with Crippen molar-refractivity contribution in [1.29, 1.82) is 0 Å². The summed E-state index contributed by atoms with van der Waals surface area (Å²) >= 11 is 2.63. The molecule has 2 rings (SSSR count). The molecule has 0 saturated carbocycles. The molecule has 17 heavy (non-hydrogen) atoms. The summed E-state index contributed by atoms with van der Waals surface area (Å²) in [4.78, 5) is 8.40. The lowest BCUT2D eigenvalue weighted by molar-refractivity contribution is 0.318. The van der Waals surface area contributed by atoms with Gasteiger partial charge in [0.05, 0.1) is 5.56 Å². The highest BCUT2D eigenvalue weighted by Gasteiger charge is 2.11. The van der Waals surface area contributed by atoms with Crippen LogP contribution in [0.4, 0.5) is 0 Å². The van der Waals surface area contributed by atoms with Gasteiger partial charge in [-0.2, -0.15) is 4.37 Å². The summed E-state index contributed by atoms with van der Waals surface area (Å²) in [5.41, 5.74) is 6.14. The van der Waals surface area contributed by atoms with Crippen molar-refractivity contribution in [2.45, 2.75) is 16.3 Å². The molecule has 0 aliphatic carbocycles. The van der Waals surface area contributed by atoms with E-state index in [1.807, 2.05) is 6.92 Å². The Morgan fingerprint density at radius 3 is 3.06 bits per heavy atom. The van der Waals surface area contributed by atoms with Crippen LogP contribution >= 0.6 is 23.3 Å². The minimum absolute atomic E-state index is 0.0295. The van der Waals surface area contributed by atoms with E-state index in [1.165, 1.54) is 23.3 Å². The molecule has 0 aliphatic rings. The molecule has 0 amide bonds. The fourth-order valence-electron chi connectivity index (χ4n) is 1.12. The fourth-order valence-corrected chi connectivity index (χ4v) is 2.78. The van der Waals surface area contributed by atoms with Crippen LogP contribution in [0.25, 0.3) is 0 Å². The summed E-state index contributed by atoms with van der Waals surface area (Å²) in [6, 6.07) is 3.46. The molecule has 8 heteroatoms. The predicted molar refractivity (Wildman–Crippen MR) is 65.5 cm³/mol. The van der Waals surface area contributed by atoms with Crippen LogP contribution in [0.15, 0.2) is 32.9 Å². The van der Waals surface area contributed by atoms with Crippen molar-refractivity contribution in [3.63, 3.8) is 0 Å². The molecule has 0 radical (unpaired) electrons. The number of aryl methyl sites for hydroxylation is 1. The Morgan fingerprint density at radius 2 is 2.41 bits per heavy atom. The lowest BCUT2D eigenvalue weighted by Crippen LogP contribution is -2.14. The highest BCUT2D eigenvalue weighted by atomic mass is 32.2. The first-order valence-corrected chi connectivity index (χ1v) is 6.21. The van der Waals surface area contributed by atoms with Crippen LogP contribution in [0.3, 0.4) is 0 Å². The maximum Gasteiger partial charge on any atom is 0.176 e. The Morgan fingerprint density at radius 1 is 1.59 bits per heavy atom. The molecule has 2 aromatic rings. The van der Waals surface area contributed by atoms with Gasteiger partial charge in [0.25, 0.3) is 0 Å². The van der Waals surface area contributed by atoms with Crippen LogP contribution < -0.4 is 5.73 Å². The first-order valence-electron chi connectivity index (χ1n) is 4.62. The number of hydrogen-bond acceptors (Lipinski definition) is 7. The van der Waals surface area contributed by atoms with E-state index >= 15 is 0 Å². The van der Waals surface area contributed by atoms with E-state index in [9.17, 15) is 0 Å². The van der Waals surface area contributed by atoms with Gasteiger partial charge in [-0.1, -0.05) is 5.16 Å². The number of oxime groups is 1. The van der Waals surface area contributed by atoms with Gasteiger partial charge in [0.15, 0.2) is 10.2 Å². The van der Waals surface area contributed by atoms with Gasteiger partial charge in [-0.25, -0.2) is 9.97 Å². The van der Waals surface area contributed by atoms with Crippen molar-refractivity contribution in [3.05, 3.63) is 29.7 Å². The Balaban J connectivity index is 2.32. The second-order valence-electron chi connectivity index (χ2n) is 3.05. The largest absolute Gasteiger partial charge is 0.409 e. The van der Waals surface area contributed by atoms with E-state index < -0.39 is 0 Å². The van der Waals surface area contributed by atoms with Crippen LogP contribution in [0.2, 0.25) is 0 Å². The molecular formula is C9H9N5OS2. The minimum atomic E-state index is 0.0295. The summed E-state index contributed by atoms with van der Waals surface area (Å²) in [5.74, 6) is 0.751. The van der Waals surface area contributed by atoms with Gasteiger partial charge in [-0.15, -0.1) is 0 Å². The third kappa shape index (κ3) is 2.71. The van der Waals surface area contributed by atoms with E-state index in [4.69, 9.17) is 10.9 Å². The summed E-state index contributed by atoms with van der Waals surface area (Å²) in [7, 11) is 0. The monoisotopic (exact) mass is 267 g/mol. The predicted octanol–water partition coefficient (Wildman–Crippen LogP) is 1.49. The second-order valence-corrected chi connectivity index (χ2v) is 5.04.